The van der Waals surface area contributed by atoms with Crippen molar-refractivity contribution in [1.82, 2.24) is 9.97 Å². The highest BCUT2D eigenvalue weighted by molar-refractivity contribution is 5.91. The van der Waals surface area contributed by atoms with Gasteiger partial charge in [0.15, 0.2) is 17.6 Å². The van der Waals surface area contributed by atoms with E-state index in [-0.39, 0.29) is 40.1 Å². The number of fused-ring (bicyclic) bond motifs is 1. The average Bonchev–Trinajstić information content (AvgIpc) is 2.77. The number of methoxy groups -OCH3 is 2. The van der Waals surface area contributed by atoms with Gasteiger partial charge in [-0.25, -0.2) is 18.7 Å². The highest BCUT2D eigenvalue weighted by Crippen LogP contribution is 2.36. The van der Waals surface area contributed by atoms with Crippen molar-refractivity contribution in [2.45, 2.75) is 31.9 Å². The van der Waals surface area contributed by atoms with Gasteiger partial charge in [0.05, 0.1) is 18.2 Å². The molecule has 0 bridgehead atoms. The number of aromatic nitrogens is 2. The van der Waals surface area contributed by atoms with Crippen molar-refractivity contribution < 1.29 is 49.3 Å². The zero-order valence-corrected chi connectivity index (χ0v) is 18.9. The molecule has 0 saturated carbocycles. The van der Waals surface area contributed by atoms with Crippen LogP contribution in [0.25, 0.3) is 10.9 Å². The quantitative estimate of drug-likeness (QED) is 0.375. The Morgan fingerprint density at radius 1 is 0.944 bits per heavy atom. The molecule has 6 nitrogen and oxygen atoms in total. The summed E-state index contributed by atoms with van der Waals surface area (Å²) in [5.41, 5.74) is -2.14. The second-order valence-electron chi connectivity index (χ2n) is 7.49. The number of hydrogen-bond donors (Lipinski definition) is 1. The fraction of sp³-hybridized carbons (Fsp3) is 0.364. The number of benzene rings is 2. The third-order valence-electron chi connectivity index (χ3n) is 5.00. The van der Waals surface area contributed by atoms with Crippen LogP contribution in [0, 0.1) is 18.6 Å². The Morgan fingerprint density at radius 3 is 2.22 bits per heavy atom. The van der Waals surface area contributed by atoms with Crippen LogP contribution in [0.5, 0.6) is 11.5 Å². The molecule has 1 N–H and O–H groups in total. The highest BCUT2D eigenvalue weighted by Gasteiger charge is 2.41. The van der Waals surface area contributed by atoms with Gasteiger partial charge in [-0.15, -0.1) is 0 Å². The maximum Gasteiger partial charge on any atom is 0.419 e. The summed E-state index contributed by atoms with van der Waals surface area (Å²) in [7, 11) is 2.12. The third-order valence-corrected chi connectivity index (χ3v) is 5.00. The van der Waals surface area contributed by atoms with Crippen LogP contribution in [-0.4, -0.2) is 43.1 Å². The minimum Gasteiger partial charge on any atom is -0.493 e. The molecule has 0 aliphatic rings. The van der Waals surface area contributed by atoms with E-state index in [1.54, 1.807) is 0 Å². The molecule has 1 heterocycles. The first-order valence-corrected chi connectivity index (χ1v) is 10.1. The van der Waals surface area contributed by atoms with E-state index < -0.39 is 54.4 Å². The van der Waals surface area contributed by atoms with Crippen molar-refractivity contribution in [3.05, 3.63) is 52.9 Å². The van der Waals surface area contributed by atoms with Gasteiger partial charge in [-0.2, -0.15) is 26.3 Å². The molecule has 0 aliphatic carbocycles. The maximum absolute atomic E-state index is 14.4. The monoisotopic (exact) mass is 525 g/mol. The Kier molecular flexibility index (Phi) is 7.76. The summed E-state index contributed by atoms with van der Waals surface area (Å²) in [6, 6.07) is 3.26. The van der Waals surface area contributed by atoms with Gasteiger partial charge in [-0.1, -0.05) is 0 Å². The fourth-order valence-electron chi connectivity index (χ4n) is 3.28. The lowest BCUT2D eigenvalue weighted by Crippen LogP contribution is -2.36. The standard InChI is InChI=1S/C22H19F8N3O3/c1-10-32-15-7-16(34-2)17(36-9-18(35-3)22(28,29)30)6-13(15)20(33-10)31-8-11-4-12(23)5-14(19(11)24)21(25,26)27/h4-7,18H,8-9H2,1-3H3,(H,31,32,33). The zero-order chi connectivity index (χ0) is 26.8. The lowest BCUT2D eigenvalue weighted by molar-refractivity contribution is -0.219. The molecule has 1 atom stereocenters. The SMILES string of the molecule is COc1cc2nc(C)nc(NCc3cc(F)cc(C(F)(F)F)c3F)c2cc1OCC(OC)C(F)(F)F. The molecule has 14 heteroatoms. The van der Waals surface area contributed by atoms with E-state index >= 15 is 0 Å². The number of nitrogens with one attached hydrogen (secondary N) is 1. The van der Waals surface area contributed by atoms with Gasteiger partial charge < -0.3 is 19.5 Å². The van der Waals surface area contributed by atoms with Crippen LogP contribution in [0.3, 0.4) is 0 Å². The predicted molar refractivity (Wildman–Crippen MR) is 112 cm³/mol. The second-order valence-corrected chi connectivity index (χ2v) is 7.49. The van der Waals surface area contributed by atoms with Crippen LogP contribution < -0.4 is 14.8 Å². The van der Waals surface area contributed by atoms with Crippen LogP contribution in [0.2, 0.25) is 0 Å². The van der Waals surface area contributed by atoms with Crippen molar-refractivity contribution in [1.29, 1.82) is 0 Å². The Hall–Kier alpha value is -3.42. The molecule has 3 rings (SSSR count). The van der Waals surface area contributed by atoms with E-state index in [9.17, 15) is 35.1 Å². The number of ether oxygens (including phenoxy) is 3. The first kappa shape index (κ1) is 27.2. The Balaban J connectivity index is 1.98. The molecule has 3 aromatic rings. The summed E-state index contributed by atoms with van der Waals surface area (Å²) in [5.74, 6) is -2.86. The van der Waals surface area contributed by atoms with Crippen LogP contribution >= 0.6 is 0 Å². The van der Waals surface area contributed by atoms with E-state index in [1.165, 1.54) is 26.2 Å². The molecule has 0 fully saturated rings. The maximum atomic E-state index is 14.4. The summed E-state index contributed by atoms with van der Waals surface area (Å²) >= 11 is 0. The molecule has 0 amide bonds. The number of hydrogen-bond acceptors (Lipinski definition) is 6. The molecule has 1 aromatic heterocycles. The molecule has 1 unspecified atom stereocenters. The Labute approximate surface area is 199 Å². The number of anilines is 1. The van der Waals surface area contributed by atoms with Crippen molar-refractivity contribution in [3.8, 4) is 11.5 Å². The Morgan fingerprint density at radius 2 is 1.64 bits per heavy atom. The Bertz CT molecular complexity index is 1250. The van der Waals surface area contributed by atoms with Gasteiger partial charge in [0.1, 0.15) is 29.9 Å². The van der Waals surface area contributed by atoms with E-state index in [1.807, 2.05) is 0 Å². The van der Waals surface area contributed by atoms with Crippen LogP contribution in [0.4, 0.5) is 40.9 Å². The van der Waals surface area contributed by atoms with Gasteiger partial charge in [-0.05, 0) is 25.1 Å². The molecule has 2 aromatic carbocycles. The first-order valence-electron chi connectivity index (χ1n) is 10.1. The number of halogens is 8. The predicted octanol–water partition coefficient (Wildman–Crippen LogP) is 5.81. The molecule has 196 valence electrons. The molecular formula is C22H19F8N3O3. The largest absolute Gasteiger partial charge is 0.493 e. The fourth-order valence-corrected chi connectivity index (χ4v) is 3.28. The first-order chi connectivity index (χ1) is 16.7. The van der Waals surface area contributed by atoms with Gasteiger partial charge in [-0.3, -0.25) is 0 Å². The minimum absolute atomic E-state index is 0.0127. The third kappa shape index (κ3) is 6.04. The van der Waals surface area contributed by atoms with Crippen LogP contribution in [0.15, 0.2) is 24.3 Å². The summed E-state index contributed by atoms with van der Waals surface area (Å²) < 4.78 is 121. The molecular weight excluding hydrogens is 506 g/mol. The van der Waals surface area contributed by atoms with E-state index in [2.05, 4.69) is 20.0 Å². The highest BCUT2D eigenvalue weighted by atomic mass is 19.4. The van der Waals surface area contributed by atoms with E-state index in [0.717, 1.165) is 7.11 Å². The number of alkyl halides is 6. The summed E-state index contributed by atoms with van der Waals surface area (Å²) in [4.78, 5) is 8.32. The van der Waals surface area contributed by atoms with Crippen molar-refractivity contribution >= 4 is 16.7 Å². The number of rotatable bonds is 8. The normalized spacial score (nSPS) is 13.1. The van der Waals surface area contributed by atoms with Gasteiger partial charge in [0.25, 0.3) is 0 Å². The minimum atomic E-state index is -5.11. The van der Waals surface area contributed by atoms with E-state index in [4.69, 9.17) is 9.47 Å². The van der Waals surface area contributed by atoms with Gasteiger partial charge >= 0.3 is 12.4 Å². The van der Waals surface area contributed by atoms with Gasteiger partial charge in [0.2, 0.25) is 0 Å². The topological polar surface area (TPSA) is 65.5 Å². The van der Waals surface area contributed by atoms with E-state index in [0.29, 0.717) is 6.07 Å². The van der Waals surface area contributed by atoms with Crippen molar-refractivity contribution in [2.24, 2.45) is 0 Å². The summed E-state index contributed by atoms with van der Waals surface area (Å²) in [6.45, 7) is -0.00904. The smallest absolute Gasteiger partial charge is 0.419 e. The van der Waals surface area contributed by atoms with Gasteiger partial charge in [0, 0.05) is 30.7 Å². The summed E-state index contributed by atoms with van der Waals surface area (Å²) in [5, 5.41) is 2.80. The lowest BCUT2D eigenvalue weighted by Gasteiger charge is -2.20. The van der Waals surface area contributed by atoms with Crippen molar-refractivity contribution in [3.63, 3.8) is 0 Å². The average molecular weight is 525 g/mol. The molecule has 0 saturated heterocycles. The van der Waals surface area contributed by atoms with Crippen molar-refractivity contribution in [2.75, 3.05) is 26.1 Å². The van der Waals surface area contributed by atoms with Crippen LogP contribution in [-0.2, 0) is 17.5 Å². The number of aryl methyl sites for hydroxylation is 1. The second kappa shape index (κ2) is 10.3. The van der Waals surface area contributed by atoms with Crippen LogP contribution in [0.1, 0.15) is 17.0 Å². The molecule has 0 aliphatic heterocycles. The molecule has 36 heavy (non-hydrogen) atoms. The molecule has 0 radical (unpaired) electrons. The zero-order valence-electron chi connectivity index (χ0n) is 18.9. The number of nitrogens with zero attached hydrogens (tertiary/aromatic N) is 2. The molecule has 0 spiro atoms. The summed E-state index contributed by atoms with van der Waals surface area (Å²) in [6.07, 6.45) is -12.0. The lowest BCUT2D eigenvalue weighted by atomic mass is 10.1.